The van der Waals surface area contributed by atoms with Gasteiger partial charge in [-0.15, -0.1) is 0 Å². The molecule has 2 rings (SSSR count). The first kappa shape index (κ1) is 22.5. The third-order valence-corrected chi connectivity index (χ3v) is 5.29. The second-order valence-corrected chi connectivity index (χ2v) is 8.44. The van der Waals surface area contributed by atoms with E-state index in [1.54, 1.807) is 26.8 Å². The van der Waals surface area contributed by atoms with E-state index in [2.05, 4.69) is 6.58 Å². The van der Waals surface area contributed by atoms with Crippen molar-refractivity contribution in [3.63, 3.8) is 0 Å². The maximum Gasteiger partial charge on any atom is 0.410 e. The number of hydrogen-bond acceptors (Lipinski definition) is 4. The van der Waals surface area contributed by atoms with E-state index in [4.69, 9.17) is 4.74 Å². The highest BCUT2D eigenvalue weighted by Gasteiger charge is 2.55. The number of likely N-dealkylation sites (tertiary alicyclic amines) is 1. The van der Waals surface area contributed by atoms with Crippen LogP contribution < -0.4 is 0 Å². The lowest BCUT2D eigenvalue weighted by atomic mass is 9.71. The van der Waals surface area contributed by atoms with Gasteiger partial charge in [0.25, 0.3) is 0 Å². The van der Waals surface area contributed by atoms with Gasteiger partial charge in [-0.25, -0.2) is 4.79 Å². The molecule has 1 fully saturated rings. The molecule has 0 aliphatic carbocycles. The van der Waals surface area contributed by atoms with E-state index in [1.165, 1.54) is 4.90 Å². The number of nitrogens with zero attached hydrogens (tertiary/aromatic N) is 1. The molecule has 1 heterocycles. The number of aryl methyl sites for hydroxylation is 1. The minimum atomic E-state index is -1.97. The first-order valence-corrected chi connectivity index (χ1v) is 9.65. The highest BCUT2D eigenvalue weighted by molar-refractivity contribution is 5.98. The molecular formula is C22H29NO6. The van der Waals surface area contributed by atoms with Gasteiger partial charge in [-0.1, -0.05) is 36.9 Å². The van der Waals surface area contributed by atoms with Crippen molar-refractivity contribution >= 4 is 24.1 Å². The lowest BCUT2D eigenvalue weighted by Crippen LogP contribution is -2.47. The summed E-state index contributed by atoms with van der Waals surface area (Å²) < 4.78 is 5.34. The maximum absolute atomic E-state index is 12.3. The fourth-order valence-electron chi connectivity index (χ4n) is 3.73. The highest BCUT2D eigenvalue weighted by atomic mass is 16.6. The second-order valence-electron chi connectivity index (χ2n) is 8.44. The molecular weight excluding hydrogens is 374 g/mol. The monoisotopic (exact) mass is 403 g/mol. The Kier molecular flexibility index (Phi) is 6.72. The van der Waals surface area contributed by atoms with E-state index in [0.717, 1.165) is 11.1 Å². The van der Waals surface area contributed by atoms with E-state index in [1.807, 2.05) is 24.3 Å². The third-order valence-electron chi connectivity index (χ3n) is 5.29. The number of carboxylic acids is 2. The van der Waals surface area contributed by atoms with E-state index in [0.29, 0.717) is 12.8 Å². The molecule has 1 aromatic carbocycles. The maximum atomic E-state index is 12.3. The summed E-state index contributed by atoms with van der Waals surface area (Å²) in [5.74, 6) is -3.45. The highest BCUT2D eigenvalue weighted by Crippen LogP contribution is 2.40. The molecule has 0 radical (unpaired) electrons. The van der Waals surface area contributed by atoms with Gasteiger partial charge < -0.3 is 19.8 Å². The van der Waals surface area contributed by atoms with Crippen LogP contribution in [0.15, 0.2) is 30.8 Å². The molecule has 1 atom stereocenters. The predicted molar refractivity (Wildman–Crippen MR) is 108 cm³/mol. The number of aliphatic carboxylic acids is 2. The zero-order valence-corrected chi connectivity index (χ0v) is 17.2. The number of carbonyl (C=O) groups excluding carboxylic acids is 1. The summed E-state index contributed by atoms with van der Waals surface area (Å²) in [5, 5.41) is 19.8. The number of benzene rings is 1. The Hall–Kier alpha value is -2.83. The van der Waals surface area contributed by atoms with Crippen LogP contribution in [-0.4, -0.2) is 51.8 Å². The smallest absolute Gasteiger partial charge is 0.410 e. The second kappa shape index (κ2) is 8.68. The van der Waals surface area contributed by atoms with E-state index < -0.39 is 35.0 Å². The molecule has 7 nitrogen and oxygen atoms in total. The molecule has 0 saturated carbocycles. The van der Waals surface area contributed by atoms with Crippen molar-refractivity contribution in [2.45, 2.75) is 45.6 Å². The van der Waals surface area contributed by atoms with Crippen molar-refractivity contribution in [2.24, 2.45) is 11.3 Å². The van der Waals surface area contributed by atoms with Crippen LogP contribution in [0.1, 0.15) is 44.7 Å². The van der Waals surface area contributed by atoms with Gasteiger partial charge in [-0.2, -0.15) is 0 Å². The zero-order valence-electron chi connectivity index (χ0n) is 17.2. The number of rotatable bonds is 7. The number of ether oxygens (including phenoxy) is 1. The number of hydrogen-bond donors (Lipinski definition) is 2. The summed E-state index contributed by atoms with van der Waals surface area (Å²) in [6, 6.07) is 7.40. The van der Waals surface area contributed by atoms with E-state index >= 15 is 0 Å². The van der Waals surface area contributed by atoms with Crippen LogP contribution in [0.2, 0.25) is 0 Å². The van der Waals surface area contributed by atoms with Crippen LogP contribution >= 0.6 is 0 Å². The molecule has 1 aliphatic rings. The quantitative estimate of drug-likeness (QED) is 0.673. The van der Waals surface area contributed by atoms with Gasteiger partial charge in [-0.3, -0.25) is 9.59 Å². The molecule has 158 valence electrons. The van der Waals surface area contributed by atoms with Crippen molar-refractivity contribution in [3.05, 3.63) is 42.0 Å². The molecule has 0 aromatic heterocycles. The molecule has 2 N–H and O–H groups in total. The topological polar surface area (TPSA) is 104 Å². The van der Waals surface area contributed by atoms with E-state index in [9.17, 15) is 24.6 Å². The summed E-state index contributed by atoms with van der Waals surface area (Å²) >= 11 is 0. The molecule has 0 unspecified atom stereocenters. The first-order valence-electron chi connectivity index (χ1n) is 9.65. The number of carboxylic acid groups (broad SMARTS) is 2. The summed E-state index contributed by atoms with van der Waals surface area (Å²) in [6.07, 6.45) is 1.66. The zero-order chi connectivity index (χ0) is 21.8. The average molecular weight is 403 g/mol. The Morgan fingerprint density at radius 2 is 1.90 bits per heavy atom. The van der Waals surface area contributed by atoms with Gasteiger partial charge in [0.05, 0.1) is 0 Å². The summed E-state index contributed by atoms with van der Waals surface area (Å²) in [5.41, 5.74) is -0.921. The van der Waals surface area contributed by atoms with Crippen LogP contribution in [0.25, 0.3) is 6.08 Å². The Morgan fingerprint density at radius 3 is 2.45 bits per heavy atom. The standard InChI is InChI=1S/C22H29NO6/c1-5-15-7-6-8-16(13-15)9-11-22(18(24)25,19(26)27)17-10-12-23(14-17)20(28)29-21(2,3)4/h5-8,13,17H,1,9-12,14H2,2-4H3,(H,24,25)(H,26,27)/t17-/m0/s1. The van der Waals surface area contributed by atoms with Crippen LogP contribution in [0, 0.1) is 11.3 Å². The van der Waals surface area contributed by atoms with Crippen molar-refractivity contribution < 1.29 is 29.3 Å². The lowest BCUT2D eigenvalue weighted by Gasteiger charge is -2.31. The fraction of sp³-hybridized carbons (Fsp3) is 0.500. The largest absolute Gasteiger partial charge is 0.480 e. The summed E-state index contributed by atoms with van der Waals surface area (Å²) in [7, 11) is 0. The van der Waals surface area contributed by atoms with Crippen LogP contribution in [-0.2, 0) is 20.7 Å². The van der Waals surface area contributed by atoms with E-state index in [-0.39, 0.29) is 19.5 Å². The molecule has 7 heteroatoms. The van der Waals surface area contributed by atoms with Gasteiger partial charge in [0, 0.05) is 19.0 Å². The minimum Gasteiger partial charge on any atom is -0.480 e. The Balaban J connectivity index is 2.21. The molecule has 1 amide bonds. The van der Waals surface area contributed by atoms with Gasteiger partial charge in [0.15, 0.2) is 5.41 Å². The Bertz CT molecular complexity index is 781. The molecule has 1 aliphatic heterocycles. The Morgan fingerprint density at radius 1 is 1.24 bits per heavy atom. The van der Waals surface area contributed by atoms with Gasteiger partial charge in [-0.05, 0) is 51.2 Å². The third kappa shape index (κ3) is 5.16. The average Bonchev–Trinajstić information content (AvgIpc) is 3.11. The molecule has 1 aromatic rings. The summed E-state index contributed by atoms with van der Waals surface area (Å²) in [4.78, 5) is 38.1. The number of amides is 1. The Labute approximate surface area is 171 Å². The van der Waals surface area contributed by atoms with Gasteiger partial charge in [0.2, 0.25) is 0 Å². The molecule has 1 saturated heterocycles. The van der Waals surface area contributed by atoms with Crippen molar-refractivity contribution in [1.29, 1.82) is 0 Å². The van der Waals surface area contributed by atoms with Crippen molar-refractivity contribution in [3.8, 4) is 0 Å². The van der Waals surface area contributed by atoms with Crippen LogP contribution in [0.5, 0.6) is 0 Å². The van der Waals surface area contributed by atoms with Gasteiger partial charge in [0.1, 0.15) is 5.60 Å². The first-order chi connectivity index (χ1) is 13.5. The van der Waals surface area contributed by atoms with Crippen molar-refractivity contribution in [2.75, 3.05) is 13.1 Å². The minimum absolute atomic E-state index is 0.0419. The van der Waals surface area contributed by atoms with Crippen LogP contribution in [0.4, 0.5) is 4.79 Å². The number of carbonyl (C=O) groups is 3. The lowest BCUT2D eigenvalue weighted by molar-refractivity contribution is -0.169. The fourth-order valence-corrected chi connectivity index (χ4v) is 3.73. The SMILES string of the molecule is C=Cc1cccc(CCC(C(=O)O)(C(=O)O)[C@H]2CCN(C(=O)OC(C)(C)C)C2)c1. The van der Waals surface area contributed by atoms with Crippen LogP contribution in [0.3, 0.4) is 0 Å². The van der Waals surface area contributed by atoms with Crippen molar-refractivity contribution in [1.82, 2.24) is 4.90 Å². The molecule has 0 bridgehead atoms. The molecule has 0 spiro atoms. The van der Waals surface area contributed by atoms with Gasteiger partial charge >= 0.3 is 18.0 Å². The normalized spacial score (nSPS) is 17.1. The summed E-state index contributed by atoms with van der Waals surface area (Å²) in [6.45, 7) is 9.26. The predicted octanol–water partition coefficient (Wildman–Crippen LogP) is 3.67. The molecule has 29 heavy (non-hydrogen) atoms.